The standard InChI is InChI=1S/C5H6OS2/c7-4-2-1-3-5(8)6-4/h1-3H2. The van der Waals surface area contributed by atoms with Crippen LogP contribution in [0.4, 0.5) is 0 Å². The third-order valence-electron chi connectivity index (χ3n) is 0.989. The van der Waals surface area contributed by atoms with Crippen LogP contribution in [-0.2, 0) is 4.74 Å². The summed E-state index contributed by atoms with van der Waals surface area (Å²) in [5, 5.41) is 1.31. The van der Waals surface area contributed by atoms with Crippen molar-refractivity contribution in [3.63, 3.8) is 0 Å². The summed E-state index contributed by atoms with van der Waals surface area (Å²) in [7, 11) is 0. The van der Waals surface area contributed by atoms with Gasteiger partial charge in [0.2, 0.25) is 0 Å². The lowest BCUT2D eigenvalue weighted by molar-refractivity contribution is 0.503. The third-order valence-corrected chi connectivity index (χ3v) is 1.56. The summed E-state index contributed by atoms with van der Waals surface area (Å²) in [6.45, 7) is 0. The van der Waals surface area contributed by atoms with E-state index in [1.165, 1.54) is 0 Å². The average Bonchev–Trinajstić information content (AvgIpc) is 1.64. The molecule has 0 N–H and O–H groups in total. The highest BCUT2D eigenvalue weighted by Gasteiger charge is 2.09. The molecule has 8 heavy (non-hydrogen) atoms. The molecule has 1 aliphatic rings. The van der Waals surface area contributed by atoms with E-state index in [1.807, 2.05) is 0 Å². The van der Waals surface area contributed by atoms with Crippen LogP contribution in [0.2, 0.25) is 0 Å². The quantitative estimate of drug-likeness (QED) is 0.483. The van der Waals surface area contributed by atoms with E-state index in [0.29, 0.717) is 10.1 Å². The Kier molecular flexibility index (Phi) is 1.91. The fourth-order valence-corrected chi connectivity index (χ4v) is 1.15. The lowest BCUT2D eigenvalue weighted by atomic mass is 10.2. The van der Waals surface area contributed by atoms with Gasteiger partial charge >= 0.3 is 0 Å². The van der Waals surface area contributed by atoms with Crippen molar-refractivity contribution in [2.45, 2.75) is 19.3 Å². The minimum absolute atomic E-state index is 0.654. The van der Waals surface area contributed by atoms with E-state index in [4.69, 9.17) is 29.2 Å². The third kappa shape index (κ3) is 1.49. The second-order valence-corrected chi connectivity index (χ2v) is 2.61. The van der Waals surface area contributed by atoms with Gasteiger partial charge in [0.05, 0.1) is 0 Å². The van der Waals surface area contributed by atoms with Crippen LogP contribution in [0, 0.1) is 0 Å². The highest BCUT2D eigenvalue weighted by molar-refractivity contribution is 7.81. The molecule has 0 amide bonds. The molecule has 1 rings (SSSR count). The topological polar surface area (TPSA) is 9.23 Å². The number of hydrogen-bond donors (Lipinski definition) is 0. The smallest absolute Gasteiger partial charge is 0.168 e. The predicted octanol–water partition coefficient (Wildman–Crippen LogP) is 1.84. The van der Waals surface area contributed by atoms with Gasteiger partial charge in [-0.2, -0.15) is 0 Å². The van der Waals surface area contributed by atoms with E-state index >= 15 is 0 Å². The van der Waals surface area contributed by atoms with Crippen LogP contribution < -0.4 is 0 Å². The monoisotopic (exact) mass is 146 g/mol. The highest BCUT2D eigenvalue weighted by atomic mass is 32.1. The summed E-state index contributed by atoms with van der Waals surface area (Å²) in [4.78, 5) is 0. The molecule has 0 aliphatic carbocycles. The zero-order valence-electron chi connectivity index (χ0n) is 4.35. The van der Waals surface area contributed by atoms with E-state index in [-0.39, 0.29) is 0 Å². The van der Waals surface area contributed by atoms with Crippen LogP contribution in [0.25, 0.3) is 0 Å². The molecular formula is C5H6OS2. The molecule has 1 nitrogen and oxygen atoms in total. The number of rotatable bonds is 0. The SMILES string of the molecule is S=C1CCCC(=S)O1. The van der Waals surface area contributed by atoms with Crippen molar-refractivity contribution < 1.29 is 4.74 Å². The Balaban J connectivity index is 2.45. The minimum atomic E-state index is 0.654. The van der Waals surface area contributed by atoms with Gasteiger partial charge in [0, 0.05) is 12.8 Å². The normalized spacial score (nSPS) is 20.5. The molecule has 0 aromatic carbocycles. The first-order valence-electron chi connectivity index (χ1n) is 2.52. The number of thiocarbonyl (C=S) groups is 2. The van der Waals surface area contributed by atoms with Gasteiger partial charge in [-0.15, -0.1) is 0 Å². The van der Waals surface area contributed by atoms with Crippen LogP contribution in [0.3, 0.4) is 0 Å². The summed E-state index contributed by atoms with van der Waals surface area (Å²) in [5.74, 6) is 0. The zero-order valence-corrected chi connectivity index (χ0v) is 5.98. The molecule has 0 spiro atoms. The van der Waals surface area contributed by atoms with Crippen molar-refractivity contribution >= 4 is 34.5 Å². The number of hydrogen-bond acceptors (Lipinski definition) is 3. The van der Waals surface area contributed by atoms with Crippen molar-refractivity contribution in [1.82, 2.24) is 0 Å². The Morgan fingerprint density at radius 1 is 1.12 bits per heavy atom. The first-order chi connectivity index (χ1) is 3.79. The molecule has 1 heterocycles. The molecule has 1 fully saturated rings. The van der Waals surface area contributed by atoms with E-state index in [0.717, 1.165) is 19.3 Å². The Labute approximate surface area is 59.0 Å². The summed E-state index contributed by atoms with van der Waals surface area (Å²) in [6, 6.07) is 0. The van der Waals surface area contributed by atoms with Gasteiger partial charge in [0.15, 0.2) is 10.1 Å². The van der Waals surface area contributed by atoms with Gasteiger partial charge in [0.1, 0.15) is 0 Å². The lowest BCUT2D eigenvalue weighted by Gasteiger charge is -2.12. The van der Waals surface area contributed by atoms with E-state index in [2.05, 4.69) is 0 Å². The van der Waals surface area contributed by atoms with Crippen LogP contribution in [-0.4, -0.2) is 10.1 Å². The predicted molar refractivity (Wildman–Crippen MR) is 40.1 cm³/mol. The van der Waals surface area contributed by atoms with Crippen LogP contribution in [0.1, 0.15) is 19.3 Å². The van der Waals surface area contributed by atoms with Crippen LogP contribution in [0.5, 0.6) is 0 Å². The van der Waals surface area contributed by atoms with Crippen molar-refractivity contribution in [1.29, 1.82) is 0 Å². The van der Waals surface area contributed by atoms with Gasteiger partial charge in [-0.3, -0.25) is 0 Å². The minimum Gasteiger partial charge on any atom is -0.443 e. The summed E-state index contributed by atoms with van der Waals surface area (Å²) in [6.07, 6.45) is 2.86. The van der Waals surface area contributed by atoms with Crippen molar-refractivity contribution in [3.8, 4) is 0 Å². The molecule has 0 unspecified atom stereocenters. The van der Waals surface area contributed by atoms with Crippen LogP contribution >= 0.6 is 24.4 Å². The maximum atomic E-state index is 4.95. The fraction of sp³-hybridized carbons (Fsp3) is 0.600. The second kappa shape index (κ2) is 2.51. The molecule has 0 radical (unpaired) electrons. The summed E-state index contributed by atoms with van der Waals surface area (Å²) >= 11 is 9.55. The first kappa shape index (κ1) is 6.11. The first-order valence-corrected chi connectivity index (χ1v) is 3.34. The number of ether oxygens (including phenoxy) is 1. The molecular weight excluding hydrogens is 140 g/mol. The molecule has 0 aromatic rings. The second-order valence-electron chi connectivity index (χ2n) is 1.70. The average molecular weight is 146 g/mol. The van der Waals surface area contributed by atoms with Gasteiger partial charge in [-0.25, -0.2) is 0 Å². The zero-order chi connectivity index (χ0) is 5.98. The molecule has 0 atom stereocenters. The van der Waals surface area contributed by atoms with E-state index in [9.17, 15) is 0 Å². The molecule has 0 saturated carbocycles. The lowest BCUT2D eigenvalue weighted by Crippen LogP contribution is -2.14. The molecule has 3 heteroatoms. The van der Waals surface area contributed by atoms with Gasteiger partial charge in [0.25, 0.3) is 0 Å². The molecule has 1 saturated heterocycles. The highest BCUT2D eigenvalue weighted by Crippen LogP contribution is 2.09. The summed E-state index contributed by atoms with van der Waals surface area (Å²) < 4.78 is 4.95. The Morgan fingerprint density at radius 3 is 1.88 bits per heavy atom. The maximum Gasteiger partial charge on any atom is 0.168 e. The van der Waals surface area contributed by atoms with Crippen molar-refractivity contribution in [3.05, 3.63) is 0 Å². The Hall–Kier alpha value is -0.0200. The van der Waals surface area contributed by atoms with Gasteiger partial charge < -0.3 is 4.74 Å². The molecule has 1 aliphatic heterocycles. The fourth-order valence-electron chi connectivity index (χ4n) is 0.606. The summed E-state index contributed by atoms with van der Waals surface area (Å²) in [5.41, 5.74) is 0. The largest absolute Gasteiger partial charge is 0.443 e. The van der Waals surface area contributed by atoms with Gasteiger partial charge in [-0.1, -0.05) is 0 Å². The molecule has 0 bridgehead atoms. The van der Waals surface area contributed by atoms with Gasteiger partial charge in [-0.05, 0) is 30.9 Å². The van der Waals surface area contributed by atoms with Crippen molar-refractivity contribution in [2.75, 3.05) is 0 Å². The molecule has 0 aromatic heterocycles. The van der Waals surface area contributed by atoms with E-state index in [1.54, 1.807) is 0 Å². The Morgan fingerprint density at radius 2 is 1.62 bits per heavy atom. The Bertz CT molecular complexity index is 116. The van der Waals surface area contributed by atoms with Crippen molar-refractivity contribution in [2.24, 2.45) is 0 Å². The molecule has 44 valence electrons. The van der Waals surface area contributed by atoms with Crippen LogP contribution in [0.15, 0.2) is 0 Å². The van der Waals surface area contributed by atoms with E-state index < -0.39 is 0 Å². The maximum absolute atomic E-state index is 4.95.